The van der Waals surface area contributed by atoms with Gasteiger partial charge in [-0.2, -0.15) is 0 Å². The van der Waals surface area contributed by atoms with Crippen molar-refractivity contribution in [1.29, 1.82) is 0 Å². The fraction of sp³-hybridized carbons (Fsp3) is 0.526. The van der Waals surface area contributed by atoms with Crippen LogP contribution in [0.2, 0.25) is 0 Å². The number of rotatable bonds is 4. The average molecular weight is 326 g/mol. The van der Waals surface area contributed by atoms with Gasteiger partial charge in [-0.1, -0.05) is 12.1 Å². The molecular formula is C19H26N4O. The Morgan fingerprint density at radius 2 is 2.00 bits per heavy atom. The molecule has 2 aliphatic rings. The first kappa shape index (κ1) is 15.5. The third-order valence-corrected chi connectivity index (χ3v) is 5.53. The van der Waals surface area contributed by atoms with Crippen LogP contribution in [0.3, 0.4) is 0 Å². The molecule has 2 fully saturated rings. The summed E-state index contributed by atoms with van der Waals surface area (Å²) in [5.74, 6) is 0.646. The second-order valence-electron chi connectivity index (χ2n) is 7.13. The molecule has 1 aromatic carbocycles. The quantitative estimate of drug-likeness (QED) is 0.907. The molecule has 0 saturated carbocycles. The first-order valence-electron chi connectivity index (χ1n) is 9.03. The second-order valence-corrected chi connectivity index (χ2v) is 7.13. The predicted molar refractivity (Wildman–Crippen MR) is 96.4 cm³/mol. The van der Waals surface area contributed by atoms with Gasteiger partial charge in [0.05, 0.1) is 0 Å². The van der Waals surface area contributed by atoms with Crippen LogP contribution in [0.4, 0.5) is 4.79 Å². The van der Waals surface area contributed by atoms with Crippen LogP contribution >= 0.6 is 0 Å². The Hall–Kier alpha value is -2.01. The van der Waals surface area contributed by atoms with Gasteiger partial charge >= 0.3 is 6.03 Å². The number of fused-ring (bicyclic) bond motifs is 1. The lowest BCUT2D eigenvalue weighted by molar-refractivity contribution is 0.181. The summed E-state index contributed by atoms with van der Waals surface area (Å²) >= 11 is 0. The van der Waals surface area contributed by atoms with Crippen LogP contribution in [0.15, 0.2) is 24.4 Å². The van der Waals surface area contributed by atoms with E-state index in [0.717, 1.165) is 39.3 Å². The minimum Gasteiger partial charge on any atom is -0.361 e. The summed E-state index contributed by atoms with van der Waals surface area (Å²) in [6.07, 6.45) is 4.61. The minimum absolute atomic E-state index is 0.0963. The highest BCUT2D eigenvalue weighted by molar-refractivity contribution is 5.84. The number of urea groups is 1. The molecule has 2 aliphatic heterocycles. The number of carbonyl (C=O) groups is 1. The normalized spacial score (nSPS) is 20.0. The molecule has 0 aliphatic carbocycles. The van der Waals surface area contributed by atoms with Crippen molar-refractivity contribution in [3.63, 3.8) is 0 Å². The number of carbonyl (C=O) groups excluding carboxylic acids is 1. The highest BCUT2D eigenvalue weighted by Gasteiger charge is 2.24. The fourth-order valence-corrected chi connectivity index (χ4v) is 4.05. The van der Waals surface area contributed by atoms with Gasteiger partial charge in [-0.15, -0.1) is 0 Å². The van der Waals surface area contributed by atoms with E-state index in [1.165, 1.54) is 34.9 Å². The maximum atomic E-state index is 11.6. The Kier molecular flexibility index (Phi) is 4.19. The topological polar surface area (TPSA) is 51.4 Å². The van der Waals surface area contributed by atoms with Crippen LogP contribution in [0, 0.1) is 6.92 Å². The number of aromatic nitrogens is 1. The van der Waals surface area contributed by atoms with Crippen LogP contribution in [-0.4, -0.2) is 60.1 Å². The number of H-pyrrole nitrogens is 1. The lowest BCUT2D eigenvalue weighted by atomic mass is 9.89. The molecule has 3 heterocycles. The molecule has 2 amide bonds. The van der Waals surface area contributed by atoms with Crippen molar-refractivity contribution in [2.75, 3.05) is 39.3 Å². The zero-order valence-electron chi connectivity index (χ0n) is 14.3. The first-order valence-corrected chi connectivity index (χ1v) is 9.03. The van der Waals surface area contributed by atoms with Gasteiger partial charge in [0.25, 0.3) is 0 Å². The predicted octanol–water partition coefficient (Wildman–Crippen LogP) is 2.68. The van der Waals surface area contributed by atoms with Gasteiger partial charge < -0.3 is 20.1 Å². The van der Waals surface area contributed by atoms with E-state index in [1.807, 2.05) is 4.90 Å². The number of hydrogen-bond acceptors (Lipinski definition) is 2. The van der Waals surface area contributed by atoms with Crippen LogP contribution in [0.25, 0.3) is 10.9 Å². The second kappa shape index (κ2) is 6.48. The van der Waals surface area contributed by atoms with Crippen LogP contribution in [0.1, 0.15) is 29.9 Å². The first-order chi connectivity index (χ1) is 11.7. The van der Waals surface area contributed by atoms with Gasteiger partial charge in [0.1, 0.15) is 0 Å². The van der Waals surface area contributed by atoms with Crippen molar-refractivity contribution < 1.29 is 4.79 Å². The molecule has 2 aromatic rings. The standard InChI is InChI=1S/C19H26N4O/c1-14-2-3-16-17(13-21-18(16)12-14)15-4-7-22(8-5-15)10-11-23-9-6-20-19(23)24/h2-3,12-13,15,21H,4-11H2,1H3,(H,20,24). The Morgan fingerprint density at radius 3 is 2.75 bits per heavy atom. The summed E-state index contributed by atoms with van der Waals surface area (Å²) in [5, 5.41) is 4.25. The van der Waals surface area contributed by atoms with Gasteiger partial charge in [0.2, 0.25) is 0 Å². The molecule has 1 aromatic heterocycles. The van der Waals surface area contributed by atoms with Gasteiger partial charge in [-0.05, 0) is 56.0 Å². The van der Waals surface area contributed by atoms with E-state index in [2.05, 4.69) is 46.5 Å². The zero-order valence-corrected chi connectivity index (χ0v) is 14.3. The summed E-state index contributed by atoms with van der Waals surface area (Å²) in [6, 6.07) is 6.79. The number of benzene rings is 1. The largest absolute Gasteiger partial charge is 0.361 e. The van der Waals surface area contributed by atoms with Gasteiger partial charge in [-0.25, -0.2) is 4.79 Å². The molecule has 24 heavy (non-hydrogen) atoms. The number of nitrogens with zero attached hydrogens (tertiary/aromatic N) is 2. The third-order valence-electron chi connectivity index (χ3n) is 5.53. The molecule has 0 unspecified atom stereocenters. The molecule has 128 valence electrons. The number of hydrogen-bond donors (Lipinski definition) is 2. The van der Waals surface area contributed by atoms with Gasteiger partial charge in [0.15, 0.2) is 0 Å². The molecule has 0 spiro atoms. The lowest BCUT2D eigenvalue weighted by Gasteiger charge is -2.32. The summed E-state index contributed by atoms with van der Waals surface area (Å²) < 4.78 is 0. The van der Waals surface area contributed by atoms with E-state index in [0.29, 0.717) is 5.92 Å². The minimum atomic E-state index is 0.0963. The van der Waals surface area contributed by atoms with Crippen molar-refractivity contribution in [2.45, 2.75) is 25.7 Å². The van der Waals surface area contributed by atoms with E-state index in [9.17, 15) is 4.79 Å². The Balaban J connectivity index is 1.34. The van der Waals surface area contributed by atoms with Crippen molar-refractivity contribution in [2.24, 2.45) is 0 Å². The van der Waals surface area contributed by atoms with Gasteiger partial charge in [0, 0.05) is 43.3 Å². The van der Waals surface area contributed by atoms with E-state index < -0.39 is 0 Å². The summed E-state index contributed by atoms with van der Waals surface area (Å²) in [6.45, 7) is 7.87. The molecule has 0 atom stereocenters. The smallest absolute Gasteiger partial charge is 0.317 e. The number of nitrogens with one attached hydrogen (secondary N) is 2. The van der Waals surface area contributed by atoms with E-state index in [4.69, 9.17) is 0 Å². The molecule has 5 nitrogen and oxygen atoms in total. The number of likely N-dealkylation sites (tertiary alicyclic amines) is 1. The van der Waals surface area contributed by atoms with Crippen molar-refractivity contribution in [1.82, 2.24) is 20.1 Å². The molecule has 5 heteroatoms. The van der Waals surface area contributed by atoms with Crippen molar-refractivity contribution in [3.8, 4) is 0 Å². The zero-order chi connectivity index (χ0) is 16.5. The highest BCUT2D eigenvalue weighted by atomic mass is 16.2. The maximum absolute atomic E-state index is 11.6. The Bertz CT molecular complexity index is 730. The van der Waals surface area contributed by atoms with Crippen LogP contribution < -0.4 is 5.32 Å². The van der Waals surface area contributed by atoms with Crippen LogP contribution in [-0.2, 0) is 0 Å². The highest BCUT2D eigenvalue weighted by Crippen LogP contribution is 2.33. The Morgan fingerprint density at radius 1 is 1.17 bits per heavy atom. The van der Waals surface area contributed by atoms with E-state index in [1.54, 1.807) is 0 Å². The fourth-order valence-electron chi connectivity index (χ4n) is 4.05. The van der Waals surface area contributed by atoms with Gasteiger partial charge in [-0.3, -0.25) is 0 Å². The number of piperidine rings is 1. The number of aromatic amines is 1. The lowest BCUT2D eigenvalue weighted by Crippen LogP contribution is -2.40. The third kappa shape index (κ3) is 3.00. The molecule has 2 saturated heterocycles. The number of aryl methyl sites for hydroxylation is 1. The summed E-state index contributed by atoms with van der Waals surface area (Å²) in [5.41, 5.74) is 4.03. The van der Waals surface area contributed by atoms with E-state index >= 15 is 0 Å². The maximum Gasteiger partial charge on any atom is 0.317 e. The molecule has 2 N–H and O–H groups in total. The SMILES string of the molecule is Cc1ccc2c(C3CCN(CCN4CCNC4=O)CC3)c[nH]c2c1. The van der Waals surface area contributed by atoms with E-state index in [-0.39, 0.29) is 6.03 Å². The average Bonchev–Trinajstić information content (AvgIpc) is 3.19. The summed E-state index contributed by atoms with van der Waals surface area (Å²) in [7, 11) is 0. The number of amides is 2. The molecule has 4 rings (SSSR count). The monoisotopic (exact) mass is 326 g/mol. The molecule has 0 radical (unpaired) electrons. The summed E-state index contributed by atoms with van der Waals surface area (Å²) in [4.78, 5) is 19.5. The molecule has 0 bridgehead atoms. The van der Waals surface area contributed by atoms with Crippen LogP contribution in [0.5, 0.6) is 0 Å². The Labute approximate surface area is 143 Å². The van der Waals surface area contributed by atoms with Crippen molar-refractivity contribution >= 4 is 16.9 Å². The van der Waals surface area contributed by atoms with Crippen molar-refractivity contribution in [3.05, 3.63) is 35.5 Å². The molecular weight excluding hydrogens is 300 g/mol.